The normalized spacial score (nSPS) is 29.1. The lowest BCUT2D eigenvalue weighted by Crippen LogP contribution is -2.63. The number of benzene rings is 1. The summed E-state index contributed by atoms with van der Waals surface area (Å²) in [6.45, 7) is 7.36. The lowest BCUT2D eigenvalue weighted by Gasteiger charge is -2.53. The van der Waals surface area contributed by atoms with Gasteiger partial charge in [-0.3, -0.25) is 0 Å². The van der Waals surface area contributed by atoms with Crippen molar-refractivity contribution in [1.29, 1.82) is 0 Å². The van der Waals surface area contributed by atoms with Crippen LogP contribution >= 0.6 is 0 Å². The van der Waals surface area contributed by atoms with Crippen LogP contribution in [0.5, 0.6) is 5.75 Å². The van der Waals surface area contributed by atoms with Crippen LogP contribution in [0.15, 0.2) is 18.2 Å². The van der Waals surface area contributed by atoms with Gasteiger partial charge in [0.15, 0.2) is 11.6 Å². The lowest BCUT2D eigenvalue weighted by molar-refractivity contribution is -0.0718. The van der Waals surface area contributed by atoms with Gasteiger partial charge in [-0.05, 0) is 31.5 Å². The molecular weight excluding hydrogens is 260 g/mol. The van der Waals surface area contributed by atoms with E-state index in [1.54, 1.807) is 0 Å². The van der Waals surface area contributed by atoms with Gasteiger partial charge < -0.3 is 10.1 Å². The third kappa shape index (κ3) is 2.66. The Bertz CT molecular complexity index is 466. The van der Waals surface area contributed by atoms with Crippen LogP contribution in [-0.4, -0.2) is 18.7 Å². The zero-order valence-corrected chi connectivity index (χ0v) is 12.4. The molecule has 3 unspecified atom stereocenters. The molecule has 0 heterocycles. The lowest BCUT2D eigenvalue weighted by atomic mass is 9.61. The Labute approximate surface area is 119 Å². The van der Waals surface area contributed by atoms with E-state index in [9.17, 15) is 8.78 Å². The van der Waals surface area contributed by atoms with Crippen molar-refractivity contribution in [2.45, 2.75) is 52.2 Å². The van der Waals surface area contributed by atoms with E-state index in [1.807, 2.05) is 0 Å². The molecule has 1 saturated carbocycles. The van der Waals surface area contributed by atoms with Crippen LogP contribution in [0.3, 0.4) is 0 Å². The standard InChI is InChI=1S/C16H23F2NO/c1-4-9-19-13-10-14(16(13,3)5-2)20-12-8-6-7-11(17)15(12)18/h6-8,13-14,19H,4-5,9-10H2,1-3H3. The van der Waals surface area contributed by atoms with Gasteiger partial charge in [-0.1, -0.05) is 26.8 Å². The van der Waals surface area contributed by atoms with E-state index in [-0.39, 0.29) is 17.3 Å². The minimum Gasteiger partial charge on any atom is -0.487 e. The van der Waals surface area contributed by atoms with Gasteiger partial charge in [-0.2, -0.15) is 4.39 Å². The Kier molecular flexibility index (Phi) is 4.63. The van der Waals surface area contributed by atoms with Gasteiger partial charge in [0.05, 0.1) is 0 Å². The monoisotopic (exact) mass is 283 g/mol. The highest BCUT2D eigenvalue weighted by atomic mass is 19.2. The molecule has 1 N–H and O–H groups in total. The van der Waals surface area contributed by atoms with Crippen molar-refractivity contribution >= 4 is 0 Å². The molecule has 20 heavy (non-hydrogen) atoms. The van der Waals surface area contributed by atoms with Crippen LogP contribution in [0, 0.1) is 17.0 Å². The fraction of sp³-hybridized carbons (Fsp3) is 0.625. The van der Waals surface area contributed by atoms with Crippen LogP contribution in [0.25, 0.3) is 0 Å². The van der Waals surface area contributed by atoms with E-state index in [2.05, 4.69) is 26.1 Å². The zero-order chi connectivity index (χ0) is 14.8. The van der Waals surface area contributed by atoms with Gasteiger partial charge in [0, 0.05) is 17.9 Å². The molecule has 2 rings (SSSR count). The average molecular weight is 283 g/mol. The van der Waals surface area contributed by atoms with Crippen molar-refractivity contribution in [1.82, 2.24) is 5.32 Å². The van der Waals surface area contributed by atoms with Crippen molar-refractivity contribution < 1.29 is 13.5 Å². The van der Waals surface area contributed by atoms with Crippen molar-refractivity contribution in [3.8, 4) is 5.75 Å². The van der Waals surface area contributed by atoms with Crippen LogP contribution in [-0.2, 0) is 0 Å². The number of rotatable bonds is 6. The van der Waals surface area contributed by atoms with Crippen LogP contribution < -0.4 is 10.1 Å². The Morgan fingerprint density at radius 3 is 2.75 bits per heavy atom. The van der Waals surface area contributed by atoms with E-state index < -0.39 is 11.6 Å². The SMILES string of the molecule is CCCNC1CC(Oc2cccc(F)c2F)C1(C)CC. The first kappa shape index (κ1) is 15.2. The number of hydrogen-bond acceptors (Lipinski definition) is 2. The molecule has 4 heteroatoms. The molecule has 0 aliphatic heterocycles. The molecule has 1 aromatic rings. The molecule has 0 aromatic heterocycles. The van der Waals surface area contributed by atoms with Gasteiger partial charge in [-0.25, -0.2) is 4.39 Å². The highest BCUT2D eigenvalue weighted by Crippen LogP contribution is 2.46. The van der Waals surface area contributed by atoms with E-state index in [0.29, 0.717) is 6.04 Å². The maximum Gasteiger partial charge on any atom is 0.200 e. The summed E-state index contributed by atoms with van der Waals surface area (Å²) >= 11 is 0. The van der Waals surface area contributed by atoms with E-state index in [4.69, 9.17) is 4.74 Å². The second kappa shape index (κ2) is 6.08. The van der Waals surface area contributed by atoms with Crippen LogP contribution in [0.2, 0.25) is 0 Å². The Hall–Kier alpha value is -1.16. The van der Waals surface area contributed by atoms with Crippen LogP contribution in [0.4, 0.5) is 8.78 Å². The van der Waals surface area contributed by atoms with Gasteiger partial charge >= 0.3 is 0 Å². The van der Waals surface area contributed by atoms with Gasteiger partial charge in [0.2, 0.25) is 5.82 Å². The summed E-state index contributed by atoms with van der Waals surface area (Å²) in [4.78, 5) is 0. The minimum absolute atomic E-state index is 0.0172. The smallest absolute Gasteiger partial charge is 0.200 e. The van der Waals surface area contributed by atoms with Gasteiger partial charge in [-0.15, -0.1) is 0 Å². The molecule has 1 fully saturated rings. The molecule has 1 aliphatic rings. The van der Waals surface area contributed by atoms with E-state index in [1.165, 1.54) is 12.1 Å². The van der Waals surface area contributed by atoms with Gasteiger partial charge in [0.25, 0.3) is 0 Å². The third-order valence-electron chi connectivity index (χ3n) is 4.57. The second-order valence-electron chi connectivity index (χ2n) is 5.76. The average Bonchev–Trinajstić information content (AvgIpc) is 2.45. The topological polar surface area (TPSA) is 21.3 Å². The summed E-state index contributed by atoms with van der Waals surface area (Å²) in [6.07, 6.45) is 2.79. The largest absolute Gasteiger partial charge is 0.487 e. The highest BCUT2D eigenvalue weighted by molar-refractivity contribution is 5.26. The third-order valence-corrected chi connectivity index (χ3v) is 4.57. The maximum atomic E-state index is 13.7. The molecule has 0 bridgehead atoms. The fourth-order valence-electron chi connectivity index (χ4n) is 2.84. The van der Waals surface area contributed by atoms with E-state index >= 15 is 0 Å². The molecule has 0 spiro atoms. The Morgan fingerprint density at radius 1 is 1.35 bits per heavy atom. The molecular formula is C16H23F2NO. The molecule has 1 aliphatic carbocycles. The predicted octanol–water partition coefficient (Wildman–Crippen LogP) is 3.90. The van der Waals surface area contributed by atoms with Crippen LogP contribution in [0.1, 0.15) is 40.0 Å². The number of halogens is 2. The van der Waals surface area contributed by atoms with Crippen molar-refractivity contribution in [3.05, 3.63) is 29.8 Å². The molecule has 0 radical (unpaired) electrons. The molecule has 112 valence electrons. The van der Waals surface area contributed by atoms with Crippen molar-refractivity contribution in [3.63, 3.8) is 0 Å². The summed E-state index contributed by atoms with van der Waals surface area (Å²) in [5, 5.41) is 3.50. The number of hydrogen-bond donors (Lipinski definition) is 1. The summed E-state index contributed by atoms with van der Waals surface area (Å²) in [6, 6.07) is 4.45. The Morgan fingerprint density at radius 2 is 2.10 bits per heavy atom. The summed E-state index contributed by atoms with van der Waals surface area (Å²) in [5.74, 6) is -1.74. The summed E-state index contributed by atoms with van der Waals surface area (Å²) < 4.78 is 32.6. The second-order valence-corrected chi connectivity index (χ2v) is 5.76. The van der Waals surface area contributed by atoms with Crippen molar-refractivity contribution in [2.75, 3.05) is 6.54 Å². The Balaban J connectivity index is 2.05. The molecule has 0 saturated heterocycles. The molecule has 0 amide bonds. The maximum absolute atomic E-state index is 13.7. The number of nitrogens with one attached hydrogen (secondary N) is 1. The fourth-order valence-corrected chi connectivity index (χ4v) is 2.84. The summed E-state index contributed by atoms with van der Waals surface area (Å²) in [7, 11) is 0. The first-order valence-corrected chi connectivity index (χ1v) is 7.37. The predicted molar refractivity (Wildman–Crippen MR) is 75.9 cm³/mol. The quantitative estimate of drug-likeness (QED) is 0.855. The summed E-state index contributed by atoms with van der Waals surface area (Å²) in [5.41, 5.74) is -0.0338. The van der Waals surface area contributed by atoms with E-state index in [0.717, 1.165) is 31.9 Å². The highest BCUT2D eigenvalue weighted by Gasteiger charge is 2.52. The van der Waals surface area contributed by atoms with Crippen molar-refractivity contribution in [2.24, 2.45) is 5.41 Å². The van der Waals surface area contributed by atoms with Gasteiger partial charge in [0.1, 0.15) is 6.10 Å². The minimum atomic E-state index is -0.893. The molecule has 3 atom stereocenters. The first-order valence-electron chi connectivity index (χ1n) is 7.37. The number of ether oxygens (including phenoxy) is 1. The molecule has 2 nitrogen and oxygen atoms in total. The zero-order valence-electron chi connectivity index (χ0n) is 12.4. The molecule has 1 aromatic carbocycles. The first-order chi connectivity index (χ1) is 9.52.